The lowest BCUT2D eigenvalue weighted by Crippen LogP contribution is -2.39. The summed E-state index contributed by atoms with van der Waals surface area (Å²) in [7, 11) is 0. The molecule has 21 heavy (non-hydrogen) atoms. The third-order valence-electron chi connectivity index (χ3n) is 3.43. The highest BCUT2D eigenvalue weighted by Gasteiger charge is 2.22. The van der Waals surface area contributed by atoms with Gasteiger partial charge in [0, 0.05) is 24.2 Å². The minimum Gasteiger partial charge on any atom is -0.391 e. The summed E-state index contributed by atoms with van der Waals surface area (Å²) in [4.78, 5) is 30.4. The van der Waals surface area contributed by atoms with Crippen molar-refractivity contribution in [3.8, 4) is 0 Å². The maximum Gasteiger partial charge on any atom is 0.254 e. The number of nitrogens with one attached hydrogen (secondary N) is 2. The molecule has 0 bridgehead atoms. The van der Waals surface area contributed by atoms with Crippen LogP contribution in [0.1, 0.15) is 44.3 Å². The molecule has 1 heterocycles. The molecule has 1 unspecified atom stereocenters. The number of aliphatic hydroxyl groups is 1. The van der Waals surface area contributed by atoms with Gasteiger partial charge in [-0.15, -0.1) is 0 Å². The minimum atomic E-state index is -0.604. The van der Waals surface area contributed by atoms with Crippen LogP contribution in [0.2, 0.25) is 0 Å². The Morgan fingerprint density at radius 2 is 2.00 bits per heavy atom. The van der Waals surface area contributed by atoms with Gasteiger partial charge in [-0.2, -0.15) is 0 Å². The van der Waals surface area contributed by atoms with E-state index < -0.39 is 6.10 Å². The topological polar surface area (TPSA) is 95.1 Å². The van der Waals surface area contributed by atoms with E-state index in [0.717, 1.165) is 0 Å². The Kier molecular flexibility index (Phi) is 5.66. The van der Waals surface area contributed by atoms with E-state index in [1.807, 2.05) is 20.8 Å². The van der Waals surface area contributed by atoms with E-state index in [9.17, 15) is 14.7 Å². The monoisotopic (exact) mass is 295 g/mol. The average Bonchev–Trinajstić information content (AvgIpc) is 2.33. The fourth-order valence-corrected chi connectivity index (χ4v) is 1.89. The summed E-state index contributed by atoms with van der Waals surface area (Å²) in [6, 6.07) is 0. The second-order valence-corrected chi connectivity index (χ2v) is 6.40. The number of aryl methyl sites for hydroxylation is 2. The number of hydrogen-bond donors (Lipinski definition) is 3. The molecule has 0 aliphatic rings. The van der Waals surface area contributed by atoms with E-state index in [1.165, 1.54) is 0 Å². The third kappa shape index (κ3) is 5.30. The van der Waals surface area contributed by atoms with Crippen molar-refractivity contribution in [2.45, 2.75) is 53.6 Å². The second-order valence-electron chi connectivity index (χ2n) is 6.40. The average molecular weight is 295 g/mol. The maximum atomic E-state index is 11.8. The Morgan fingerprint density at radius 1 is 1.38 bits per heavy atom. The van der Waals surface area contributed by atoms with E-state index in [0.29, 0.717) is 23.5 Å². The van der Waals surface area contributed by atoms with Crippen molar-refractivity contribution in [1.29, 1.82) is 0 Å². The van der Waals surface area contributed by atoms with Crippen molar-refractivity contribution < 1.29 is 9.90 Å². The van der Waals surface area contributed by atoms with Gasteiger partial charge in [-0.25, -0.2) is 4.98 Å². The number of nitrogens with zero attached hydrogens (tertiary/aromatic N) is 1. The Morgan fingerprint density at radius 3 is 2.52 bits per heavy atom. The van der Waals surface area contributed by atoms with Crippen LogP contribution < -0.4 is 10.9 Å². The summed E-state index contributed by atoms with van der Waals surface area (Å²) < 4.78 is 0. The fraction of sp³-hybridized carbons (Fsp3) is 0.667. The van der Waals surface area contributed by atoms with Gasteiger partial charge in [0.05, 0.1) is 6.10 Å². The number of aliphatic hydroxyl groups excluding tert-OH is 1. The Labute approximate surface area is 125 Å². The smallest absolute Gasteiger partial charge is 0.254 e. The number of hydrogen-bond acceptors (Lipinski definition) is 4. The van der Waals surface area contributed by atoms with Crippen LogP contribution in [0.5, 0.6) is 0 Å². The number of amides is 1. The molecule has 0 spiro atoms. The van der Waals surface area contributed by atoms with Crippen LogP contribution in [0.15, 0.2) is 4.79 Å². The molecule has 0 aliphatic carbocycles. The van der Waals surface area contributed by atoms with Crippen molar-refractivity contribution in [1.82, 2.24) is 15.3 Å². The van der Waals surface area contributed by atoms with Crippen molar-refractivity contribution in [2.24, 2.45) is 5.41 Å². The highest BCUT2D eigenvalue weighted by Crippen LogP contribution is 2.18. The predicted octanol–water partition coefficient (Wildman–Crippen LogP) is 0.843. The van der Waals surface area contributed by atoms with Gasteiger partial charge in [0.15, 0.2) is 0 Å². The van der Waals surface area contributed by atoms with Gasteiger partial charge in [0.25, 0.3) is 5.56 Å². The quantitative estimate of drug-likeness (QED) is 0.750. The van der Waals surface area contributed by atoms with Crippen molar-refractivity contribution in [2.75, 3.05) is 6.54 Å². The fourth-order valence-electron chi connectivity index (χ4n) is 1.89. The molecule has 1 rings (SSSR count). The van der Waals surface area contributed by atoms with Crippen LogP contribution in [0.3, 0.4) is 0 Å². The highest BCUT2D eigenvalue weighted by atomic mass is 16.3. The van der Waals surface area contributed by atoms with Gasteiger partial charge in [-0.1, -0.05) is 20.8 Å². The van der Waals surface area contributed by atoms with Gasteiger partial charge in [0.2, 0.25) is 5.91 Å². The minimum absolute atomic E-state index is 0.183. The normalized spacial score (nSPS) is 13.0. The van der Waals surface area contributed by atoms with Crippen LogP contribution in [-0.2, 0) is 11.2 Å². The first-order valence-electron chi connectivity index (χ1n) is 7.12. The van der Waals surface area contributed by atoms with E-state index in [2.05, 4.69) is 15.3 Å². The third-order valence-corrected chi connectivity index (χ3v) is 3.43. The molecule has 1 amide bonds. The molecule has 0 fully saturated rings. The number of aromatic nitrogens is 2. The first-order chi connectivity index (χ1) is 9.61. The van der Waals surface area contributed by atoms with Crippen molar-refractivity contribution in [3.05, 3.63) is 27.4 Å². The summed E-state index contributed by atoms with van der Waals surface area (Å²) >= 11 is 0. The number of carbonyl (C=O) groups excluding carboxylic acids is 1. The van der Waals surface area contributed by atoms with Crippen LogP contribution in [0, 0.1) is 19.3 Å². The SMILES string of the molecule is Cc1nc(C)c(CCC(=O)NCC(O)C(C)(C)C)c(=O)[nH]1. The van der Waals surface area contributed by atoms with Gasteiger partial charge in [-0.05, 0) is 25.7 Å². The van der Waals surface area contributed by atoms with Crippen LogP contribution in [0.4, 0.5) is 0 Å². The highest BCUT2D eigenvalue weighted by molar-refractivity contribution is 5.76. The molecule has 0 aliphatic heterocycles. The van der Waals surface area contributed by atoms with Gasteiger partial charge >= 0.3 is 0 Å². The van der Waals surface area contributed by atoms with Gasteiger partial charge in [0.1, 0.15) is 5.82 Å². The maximum absolute atomic E-state index is 11.8. The molecular weight excluding hydrogens is 270 g/mol. The molecular formula is C15H25N3O3. The molecule has 1 aromatic heterocycles. The first-order valence-corrected chi connectivity index (χ1v) is 7.12. The zero-order valence-corrected chi connectivity index (χ0v) is 13.4. The standard InChI is InChI=1S/C15H25N3O3/c1-9-11(14(21)18-10(2)17-9)6-7-13(20)16-8-12(19)15(3,4)5/h12,19H,6-8H2,1-5H3,(H,16,20)(H,17,18,21). The second kappa shape index (κ2) is 6.85. The van der Waals surface area contributed by atoms with E-state index >= 15 is 0 Å². The molecule has 1 aromatic rings. The van der Waals surface area contributed by atoms with E-state index in [4.69, 9.17) is 0 Å². The van der Waals surface area contributed by atoms with Gasteiger partial charge in [-0.3, -0.25) is 9.59 Å². The lowest BCUT2D eigenvalue weighted by Gasteiger charge is -2.25. The summed E-state index contributed by atoms with van der Waals surface area (Å²) in [5, 5.41) is 12.5. The van der Waals surface area contributed by atoms with E-state index in [1.54, 1.807) is 13.8 Å². The predicted molar refractivity (Wildman–Crippen MR) is 81.1 cm³/mol. The largest absolute Gasteiger partial charge is 0.391 e. The Bertz CT molecular complexity index is 558. The molecule has 1 atom stereocenters. The molecule has 118 valence electrons. The van der Waals surface area contributed by atoms with Crippen LogP contribution in [0.25, 0.3) is 0 Å². The lowest BCUT2D eigenvalue weighted by atomic mass is 9.89. The Balaban J connectivity index is 2.53. The van der Waals surface area contributed by atoms with Crippen molar-refractivity contribution in [3.63, 3.8) is 0 Å². The summed E-state index contributed by atoms with van der Waals surface area (Å²) in [5.74, 6) is 0.386. The number of aromatic amines is 1. The van der Waals surface area contributed by atoms with E-state index in [-0.39, 0.29) is 29.8 Å². The zero-order chi connectivity index (χ0) is 16.2. The Hall–Kier alpha value is -1.69. The molecule has 6 nitrogen and oxygen atoms in total. The lowest BCUT2D eigenvalue weighted by molar-refractivity contribution is -0.121. The molecule has 0 radical (unpaired) electrons. The molecule has 6 heteroatoms. The van der Waals surface area contributed by atoms with Gasteiger partial charge < -0.3 is 15.4 Å². The van der Waals surface area contributed by atoms with Crippen LogP contribution >= 0.6 is 0 Å². The number of rotatable bonds is 5. The first kappa shape index (κ1) is 17.4. The van der Waals surface area contributed by atoms with Crippen molar-refractivity contribution >= 4 is 5.91 Å². The molecule has 3 N–H and O–H groups in total. The van der Waals surface area contributed by atoms with Crippen LogP contribution in [-0.4, -0.2) is 33.6 Å². The summed E-state index contributed by atoms with van der Waals surface area (Å²) in [6.07, 6.45) is -0.0649. The number of carbonyl (C=O) groups is 1. The summed E-state index contributed by atoms with van der Waals surface area (Å²) in [5.41, 5.74) is 0.718. The molecule has 0 aromatic carbocycles. The molecule has 0 saturated carbocycles. The zero-order valence-electron chi connectivity index (χ0n) is 13.4. The number of H-pyrrole nitrogens is 1. The summed E-state index contributed by atoms with van der Waals surface area (Å²) in [6.45, 7) is 9.42. The molecule has 0 saturated heterocycles.